The molecule has 0 spiro atoms. The lowest BCUT2D eigenvalue weighted by atomic mass is 10.1. The summed E-state index contributed by atoms with van der Waals surface area (Å²) in [5.41, 5.74) is 6.02. The maximum atomic E-state index is 10.7. The van der Waals surface area contributed by atoms with E-state index < -0.39 is 0 Å². The molecular weight excluding hydrogens is 180 g/mol. The average Bonchev–Trinajstić information content (AvgIpc) is 2.21. The average molecular weight is 200 g/mol. The maximum absolute atomic E-state index is 10.7. The van der Waals surface area contributed by atoms with Crippen molar-refractivity contribution in [3.05, 3.63) is 0 Å². The topological polar surface area (TPSA) is 76.2 Å². The molecule has 0 heterocycles. The smallest absolute Gasteiger partial charge is 0.305 e. The van der Waals surface area contributed by atoms with E-state index in [1.165, 1.54) is 0 Å². The van der Waals surface area contributed by atoms with Crippen molar-refractivity contribution in [2.75, 3.05) is 13.2 Å². The first kappa shape index (κ1) is 13.1. The lowest BCUT2D eigenvalue weighted by Gasteiger charge is -2.04. The van der Waals surface area contributed by atoms with Gasteiger partial charge >= 0.3 is 5.97 Å². The van der Waals surface area contributed by atoms with E-state index in [4.69, 9.17) is 15.9 Å². The molecule has 0 aliphatic carbocycles. The molecule has 0 aromatic heterocycles. The SMILES string of the molecule is CCC(=O)OCCCC(=N)CCCN. The van der Waals surface area contributed by atoms with Gasteiger partial charge in [0.2, 0.25) is 0 Å². The zero-order chi connectivity index (χ0) is 10.8. The molecule has 0 radical (unpaired) electrons. The minimum Gasteiger partial charge on any atom is -0.466 e. The van der Waals surface area contributed by atoms with Gasteiger partial charge in [0.1, 0.15) is 0 Å². The van der Waals surface area contributed by atoms with Crippen molar-refractivity contribution in [3.63, 3.8) is 0 Å². The number of hydrogen-bond acceptors (Lipinski definition) is 4. The molecule has 0 saturated heterocycles. The summed E-state index contributed by atoms with van der Waals surface area (Å²) in [4.78, 5) is 10.7. The summed E-state index contributed by atoms with van der Waals surface area (Å²) < 4.78 is 4.89. The van der Waals surface area contributed by atoms with Crippen LogP contribution in [0.2, 0.25) is 0 Å². The normalized spacial score (nSPS) is 9.86. The predicted octanol–water partition coefficient (Wildman–Crippen LogP) is 1.48. The maximum Gasteiger partial charge on any atom is 0.305 e. The third-order valence-corrected chi connectivity index (χ3v) is 1.86. The lowest BCUT2D eigenvalue weighted by Crippen LogP contribution is -2.07. The Balaban J connectivity index is 3.27. The molecule has 0 aromatic carbocycles. The molecule has 0 aromatic rings. The van der Waals surface area contributed by atoms with Gasteiger partial charge in [0.15, 0.2) is 0 Å². The fraction of sp³-hybridized carbons (Fsp3) is 0.800. The highest BCUT2D eigenvalue weighted by molar-refractivity contribution is 5.81. The molecular formula is C10H20N2O2. The first-order chi connectivity index (χ1) is 6.70. The van der Waals surface area contributed by atoms with Gasteiger partial charge in [-0.15, -0.1) is 0 Å². The molecule has 0 bridgehead atoms. The van der Waals surface area contributed by atoms with Gasteiger partial charge in [0.05, 0.1) is 6.61 Å². The summed E-state index contributed by atoms with van der Waals surface area (Å²) in [7, 11) is 0. The number of hydrogen-bond donors (Lipinski definition) is 2. The number of esters is 1. The summed E-state index contributed by atoms with van der Waals surface area (Å²) in [5, 5.41) is 7.53. The number of ether oxygens (including phenoxy) is 1. The van der Waals surface area contributed by atoms with E-state index in [1.807, 2.05) is 0 Å². The minimum atomic E-state index is -0.168. The molecule has 0 amide bonds. The Morgan fingerprint density at radius 1 is 1.36 bits per heavy atom. The Morgan fingerprint density at radius 2 is 2.00 bits per heavy atom. The first-order valence-corrected chi connectivity index (χ1v) is 5.12. The van der Waals surface area contributed by atoms with Crippen molar-refractivity contribution in [1.82, 2.24) is 0 Å². The fourth-order valence-electron chi connectivity index (χ4n) is 1.01. The Bertz CT molecular complexity index is 181. The summed E-state index contributed by atoms with van der Waals surface area (Å²) in [5.74, 6) is -0.168. The molecule has 14 heavy (non-hydrogen) atoms. The van der Waals surface area contributed by atoms with Gasteiger partial charge in [0.25, 0.3) is 0 Å². The van der Waals surface area contributed by atoms with E-state index in [0.717, 1.165) is 19.3 Å². The Hall–Kier alpha value is -0.900. The standard InChI is InChI=1S/C10H20N2O2/c1-2-10(13)14-8-4-6-9(12)5-3-7-11/h12H,2-8,11H2,1H3. The summed E-state index contributed by atoms with van der Waals surface area (Å²) in [6.07, 6.45) is 3.50. The molecule has 82 valence electrons. The molecule has 0 unspecified atom stereocenters. The fourth-order valence-corrected chi connectivity index (χ4v) is 1.01. The van der Waals surface area contributed by atoms with E-state index in [9.17, 15) is 4.79 Å². The van der Waals surface area contributed by atoms with Crippen LogP contribution in [0.15, 0.2) is 0 Å². The zero-order valence-corrected chi connectivity index (χ0v) is 8.84. The summed E-state index contributed by atoms with van der Waals surface area (Å²) in [6.45, 7) is 2.83. The van der Waals surface area contributed by atoms with E-state index in [-0.39, 0.29) is 5.97 Å². The molecule has 3 N–H and O–H groups in total. The van der Waals surface area contributed by atoms with Crippen molar-refractivity contribution in [1.29, 1.82) is 5.41 Å². The van der Waals surface area contributed by atoms with Crippen LogP contribution in [0.3, 0.4) is 0 Å². The van der Waals surface area contributed by atoms with Gasteiger partial charge in [-0.05, 0) is 32.2 Å². The molecule has 4 heteroatoms. The van der Waals surface area contributed by atoms with Crippen LogP contribution in [0.4, 0.5) is 0 Å². The first-order valence-electron chi connectivity index (χ1n) is 5.12. The van der Waals surface area contributed by atoms with Crippen LogP contribution in [0.25, 0.3) is 0 Å². The summed E-state index contributed by atoms with van der Waals surface area (Å²) >= 11 is 0. The lowest BCUT2D eigenvalue weighted by molar-refractivity contribution is -0.143. The Labute approximate surface area is 85.3 Å². The monoisotopic (exact) mass is 200 g/mol. The van der Waals surface area contributed by atoms with Gasteiger partial charge in [-0.3, -0.25) is 4.79 Å². The van der Waals surface area contributed by atoms with Crippen LogP contribution in [0.5, 0.6) is 0 Å². The van der Waals surface area contributed by atoms with Crippen LogP contribution in [0.1, 0.15) is 39.0 Å². The third kappa shape index (κ3) is 7.73. The van der Waals surface area contributed by atoms with Crippen molar-refractivity contribution in [2.45, 2.75) is 39.0 Å². The van der Waals surface area contributed by atoms with Crippen molar-refractivity contribution < 1.29 is 9.53 Å². The molecule has 0 atom stereocenters. The van der Waals surface area contributed by atoms with Crippen LogP contribution in [0, 0.1) is 5.41 Å². The van der Waals surface area contributed by atoms with E-state index >= 15 is 0 Å². The second kappa shape index (κ2) is 8.69. The van der Waals surface area contributed by atoms with E-state index in [0.29, 0.717) is 31.7 Å². The molecule has 0 aliphatic rings. The van der Waals surface area contributed by atoms with Gasteiger partial charge in [-0.2, -0.15) is 0 Å². The van der Waals surface area contributed by atoms with Crippen LogP contribution in [-0.2, 0) is 9.53 Å². The number of rotatable bonds is 8. The second-order valence-electron chi connectivity index (χ2n) is 3.17. The molecule has 0 saturated carbocycles. The minimum absolute atomic E-state index is 0.168. The molecule has 0 fully saturated rings. The number of nitrogens with two attached hydrogens (primary N) is 1. The van der Waals surface area contributed by atoms with Gasteiger partial charge in [-0.25, -0.2) is 0 Å². The molecule has 0 aliphatic heterocycles. The highest BCUT2D eigenvalue weighted by Crippen LogP contribution is 1.99. The number of nitrogens with one attached hydrogen (secondary N) is 1. The predicted molar refractivity (Wildman–Crippen MR) is 56.5 cm³/mol. The number of carbonyl (C=O) groups excluding carboxylic acids is 1. The van der Waals surface area contributed by atoms with Crippen molar-refractivity contribution in [3.8, 4) is 0 Å². The summed E-state index contributed by atoms with van der Waals surface area (Å²) in [6, 6.07) is 0. The third-order valence-electron chi connectivity index (χ3n) is 1.86. The van der Waals surface area contributed by atoms with Gasteiger partial charge in [-0.1, -0.05) is 6.92 Å². The number of carbonyl (C=O) groups is 1. The van der Waals surface area contributed by atoms with Gasteiger partial charge < -0.3 is 15.9 Å². The largest absolute Gasteiger partial charge is 0.466 e. The second-order valence-corrected chi connectivity index (χ2v) is 3.17. The zero-order valence-electron chi connectivity index (χ0n) is 8.84. The Kier molecular flexibility index (Phi) is 8.13. The highest BCUT2D eigenvalue weighted by atomic mass is 16.5. The highest BCUT2D eigenvalue weighted by Gasteiger charge is 2.00. The van der Waals surface area contributed by atoms with Gasteiger partial charge in [0, 0.05) is 12.1 Å². The molecule has 4 nitrogen and oxygen atoms in total. The van der Waals surface area contributed by atoms with Crippen molar-refractivity contribution in [2.24, 2.45) is 5.73 Å². The van der Waals surface area contributed by atoms with Crippen molar-refractivity contribution >= 4 is 11.7 Å². The molecule has 0 rings (SSSR count). The quantitative estimate of drug-likeness (QED) is 0.354. The van der Waals surface area contributed by atoms with E-state index in [1.54, 1.807) is 6.92 Å². The Morgan fingerprint density at radius 3 is 2.57 bits per heavy atom. The van der Waals surface area contributed by atoms with Crippen LogP contribution >= 0.6 is 0 Å². The van der Waals surface area contributed by atoms with Crippen LogP contribution in [-0.4, -0.2) is 24.8 Å². The van der Waals surface area contributed by atoms with Crippen LogP contribution < -0.4 is 5.73 Å². The van der Waals surface area contributed by atoms with E-state index in [2.05, 4.69) is 0 Å².